The van der Waals surface area contributed by atoms with Gasteiger partial charge in [0.15, 0.2) is 0 Å². The van der Waals surface area contributed by atoms with E-state index in [1.807, 2.05) is 11.3 Å². The third-order valence-electron chi connectivity index (χ3n) is 3.92. The Balaban J connectivity index is 1.79. The minimum Gasteiger partial charge on any atom is -0.305 e. The summed E-state index contributed by atoms with van der Waals surface area (Å²) in [6.45, 7) is 4.32. The van der Waals surface area contributed by atoms with Crippen molar-refractivity contribution in [3.8, 4) is 0 Å². The standard InChI is InChI=1S/C13H20N2S/c1-8-9(2)16-13(14-8)12(10-4-3-5-10)15-11-6-7-11/h10-12,15H,3-7H2,1-2H3. The maximum atomic E-state index is 4.75. The summed E-state index contributed by atoms with van der Waals surface area (Å²) in [7, 11) is 0. The van der Waals surface area contributed by atoms with Gasteiger partial charge in [-0.2, -0.15) is 0 Å². The van der Waals surface area contributed by atoms with E-state index < -0.39 is 0 Å². The van der Waals surface area contributed by atoms with Gasteiger partial charge in [-0.15, -0.1) is 11.3 Å². The number of aromatic nitrogens is 1. The van der Waals surface area contributed by atoms with Crippen LogP contribution in [0.15, 0.2) is 0 Å². The normalized spacial score (nSPS) is 23.1. The van der Waals surface area contributed by atoms with Gasteiger partial charge in [0.25, 0.3) is 0 Å². The molecule has 2 aliphatic carbocycles. The molecule has 1 unspecified atom stereocenters. The summed E-state index contributed by atoms with van der Waals surface area (Å²) in [5.41, 5.74) is 1.22. The third-order valence-corrected chi connectivity index (χ3v) is 5.08. The average molecular weight is 236 g/mol. The number of aryl methyl sites for hydroxylation is 2. The van der Waals surface area contributed by atoms with E-state index in [1.54, 1.807) is 0 Å². The first kappa shape index (κ1) is 10.7. The molecule has 16 heavy (non-hydrogen) atoms. The lowest BCUT2D eigenvalue weighted by Crippen LogP contribution is -2.33. The first-order valence-corrected chi connectivity index (χ1v) is 7.25. The van der Waals surface area contributed by atoms with Crippen LogP contribution in [0.3, 0.4) is 0 Å². The fraction of sp³-hybridized carbons (Fsp3) is 0.769. The van der Waals surface area contributed by atoms with E-state index in [9.17, 15) is 0 Å². The summed E-state index contributed by atoms with van der Waals surface area (Å²) in [5.74, 6) is 0.852. The monoisotopic (exact) mass is 236 g/mol. The Morgan fingerprint density at radius 3 is 2.44 bits per heavy atom. The lowest BCUT2D eigenvalue weighted by atomic mass is 9.80. The quantitative estimate of drug-likeness (QED) is 0.867. The highest BCUT2D eigenvalue weighted by molar-refractivity contribution is 7.11. The zero-order chi connectivity index (χ0) is 11.1. The van der Waals surface area contributed by atoms with Crippen molar-refractivity contribution < 1.29 is 0 Å². The molecule has 3 heteroatoms. The van der Waals surface area contributed by atoms with E-state index in [0.29, 0.717) is 6.04 Å². The summed E-state index contributed by atoms with van der Waals surface area (Å²) in [5, 5.41) is 5.14. The Kier molecular flexibility index (Phi) is 2.76. The molecule has 0 amide bonds. The van der Waals surface area contributed by atoms with E-state index >= 15 is 0 Å². The number of thiazole rings is 1. The van der Waals surface area contributed by atoms with E-state index in [4.69, 9.17) is 4.98 Å². The lowest BCUT2D eigenvalue weighted by Gasteiger charge is -2.33. The second kappa shape index (κ2) is 4.11. The van der Waals surface area contributed by atoms with Gasteiger partial charge in [-0.05, 0) is 45.4 Å². The van der Waals surface area contributed by atoms with Gasteiger partial charge in [0.05, 0.1) is 11.7 Å². The van der Waals surface area contributed by atoms with E-state index in [0.717, 1.165) is 12.0 Å². The average Bonchev–Trinajstić information content (AvgIpc) is 2.91. The van der Waals surface area contributed by atoms with Crippen LogP contribution in [0.2, 0.25) is 0 Å². The predicted octanol–water partition coefficient (Wildman–Crippen LogP) is 3.35. The molecule has 1 N–H and O–H groups in total. The van der Waals surface area contributed by atoms with Gasteiger partial charge in [-0.3, -0.25) is 0 Å². The number of nitrogens with zero attached hydrogens (tertiary/aromatic N) is 1. The van der Waals surface area contributed by atoms with E-state index in [2.05, 4.69) is 19.2 Å². The van der Waals surface area contributed by atoms with Crippen LogP contribution in [0.25, 0.3) is 0 Å². The van der Waals surface area contributed by atoms with Crippen LogP contribution in [-0.4, -0.2) is 11.0 Å². The zero-order valence-corrected chi connectivity index (χ0v) is 10.9. The summed E-state index contributed by atoms with van der Waals surface area (Å²) >= 11 is 1.90. The van der Waals surface area contributed by atoms with Gasteiger partial charge in [0.2, 0.25) is 0 Å². The summed E-state index contributed by atoms with van der Waals surface area (Å²) in [6.07, 6.45) is 6.93. The fourth-order valence-corrected chi connectivity index (χ4v) is 3.39. The van der Waals surface area contributed by atoms with Gasteiger partial charge in [-0.1, -0.05) is 6.42 Å². The Morgan fingerprint density at radius 1 is 1.25 bits per heavy atom. The van der Waals surface area contributed by atoms with Crippen LogP contribution in [-0.2, 0) is 0 Å². The topological polar surface area (TPSA) is 24.9 Å². The molecule has 88 valence electrons. The first-order valence-electron chi connectivity index (χ1n) is 6.44. The smallest absolute Gasteiger partial charge is 0.110 e. The van der Waals surface area contributed by atoms with Gasteiger partial charge >= 0.3 is 0 Å². The second-order valence-electron chi connectivity index (χ2n) is 5.30. The van der Waals surface area contributed by atoms with Gasteiger partial charge in [-0.25, -0.2) is 4.98 Å². The SMILES string of the molecule is Cc1nc(C(NC2CC2)C2CCC2)sc1C. The highest BCUT2D eigenvalue weighted by Crippen LogP contribution is 2.41. The first-order chi connectivity index (χ1) is 7.74. The van der Waals surface area contributed by atoms with Crippen LogP contribution in [0, 0.1) is 19.8 Å². The van der Waals surface area contributed by atoms with Crippen molar-refractivity contribution in [1.29, 1.82) is 0 Å². The van der Waals surface area contributed by atoms with Crippen LogP contribution in [0.1, 0.15) is 53.7 Å². The second-order valence-corrected chi connectivity index (χ2v) is 6.54. The maximum Gasteiger partial charge on any atom is 0.110 e. The van der Waals surface area contributed by atoms with Crippen molar-refractivity contribution in [2.24, 2.45) is 5.92 Å². The molecular weight excluding hydrogens is 216 g/mol. The van der Waals surface area contributed by atoms with Crippen molar-refractivity contribution >= 4 is 11.3 Å². The van der Waals surface area contributed by atoms with Crippen molar-refractivity contribution in [1.82, 2.24) is 10.3 Å². The summed E-state index contributed by atoms with van der Waals surface area (Å²) < 4.78 is 0. The van der Waals surface area contributed by atoms with Gasteiger partial charge < -0.3 is 5.32 Å². The molecule has 1 atom stereocenters. The van der Waals surface area contributed by atoms with E-state index in [1.165, 1.54) is 47.7 Å². The van der Waals surface area contributed by atoms with Crippen molar-refractivity contribution in [3.05, 3.63) is 15.6 Å². The van der Waals surface area contributed by atoms with Crippen molar-refractivity contribution in [2.75, 3.05) is 0 Å². The number of nitrogens with one attached hydrogen (secondary N) is 1. The molecular formula is C13H20N2S. The number of rotatable bonds is 4. The molecule has 3 rings (SSSR count). The highest BCUT2D eigenvalue weighted by atomic mass is 32.1. The molecule has 2 aliphatic rings. The summed E-state index contributed by atoms with van der Waals surface area (Å²) in [4.78, 5) is 6.14. The van der Waals surface area contributed by atoms with Gasteiger partial charge in [0.1, 0.15) is 5.01 Å². The Hall–Kier alpha value is -0.410. The lowest BCUT2D eigenvalue weighted by molar-refractivity contribution is 0.228. The Morgan fingerprint density at radius 2 is 2.00 bits per heavy atom. The van der Waals surface area contributed by atoms with Crippen LogP contribution in [0.5, 0.6) is 0 Å². The minimum absolute atomic E-state index is 0.554. The molecule has 0 aromatic carbocycles. The molecule has 0 saturated heterocycles. The van der Waals surface area contributed by atoms with E-state index in [-0.39, 0.29) is 0 Å². The van der Waals surface area contributed by atoms with Crippen LogP contribution in [0.4, 0.5) is 0 Å². The van der Waals surface area contributed by atoms with Gasteiger partial charge in [0, 0.05) is 10.9 Å². The summed E-state index contributed by atoms with van der Waals surface area (Å²) in [6, 6.07) is 1.34. The van der Waals surface area contributed by atoms with Crippen LogP contribution < -0.4 is 5.32 Å². The van der Waals surface area contributed by atoms with Crippen LogP contribution >= 0.6 is 11.3 Å². The van der Waals surface area contributed by atoms with Crippen molar-refractivity contribution in [3.63, 3.8) is 0 Å². The molecule has 2 saturated carbocycles. The minimum atomic E-state index is 0.554. The third kappa shape index (κ3) is 2.03. The molecule has 1 aromatic heterocycles. The highest BCUT2D eigenvalue weighted by Gasteiger charge is 2.34. The molecule has 2 fully saturated rings. The molecule has 0 aliphatic heterocycles. The zero-order valence-electron chi connectivity index (χ0n) is 10.1. The molecule has 0 spiro atoms. The molecule has 1 aromatic rings. The Bertz CT molecular complexity index is 358. The largest absolute Gasteiger partial charge is 0.305 e. The number of hydrogen-bond acceptors (Lipinski definition) is 3. The maximum absolute atomic E-state index is 4.75. The molecule has 0 bridgehead atoms. The number of hydrogen-bond donors (Lipinski definition) is 1. The fourth-order valence-electron chi connectivity index (χ4n) is 2.32. The van der Waals surface area contributed by atoms with Crippen molar-refractivity contribution in [2.45, 2.75) is 58.0 Å². The predicted molar refractivity (Wildman–Crippen MR) is 67.8 cm³/mol. The molecule has 0 radical (unpaired) electrons. The molecule has 2 nitrogen and oxygen atoms in total. The molecule has 1 heterocycles. The Labute approximate surface area is 101 Å².